The highest BCUT2D eigenvalue weighted by Gasteiger charge is 2.18. The second-order valence-electron chi connectivity index (χ2n) is 6.10. The minimum Gasteiger partial charge on any atom is -0.316 e. The van der Waals surface area contributed by atoms with Gasteiger partial charge in [0.05, 0.1) is 5.69 Å². The number of pyridine rings is 1. The maximum absolute atomic E-state index is 12.2. The standard InChI is InChI=1S/C19H30N2O2S2/c1-5-6-7-8-9-10-11-12-15(22)18(23)21-17-16(24-3)13-14(2)20-19(17)25-4/h13H,5-12H2,1-4H3,(H,21,23). The Bertz CT molecular complexity index is 552. The molecule has 0 bridgehead atoms. The number of anilines is 1. The summed E-state index contributed by atoms with van der Waals surface area (Å²) in [6.07, 6.45) is 12.1. The van der Waals surface area contributed by atoms with Crippen molar-refractivity contribution in [3.63, 3.8) is 0 Å². The average molecular weight is 383 g/mol. The third-order valence-electron chi connectivity index (χ3n) is 3.99. The molecule has 0 aromatic carbocycles. The lowest BCUT2D eigenvalue weighted by molar-refractivity contribution is -0.134. The van der Waals surface area contributed by atoms with Crippen LogP contribution in [-0.4, -0.2) is 29.2 Å². The number of aryl methyl sites for hydroxylation is 1. The average Bonchev–Trinajstić information content (AvgIpc) is 2.61. The van der Waals surface area contributed by atoms with Gasteiger partial charge in [0, 0.05) is 17.0 Å². The molecule has 140 valence electrons. The van der Waals surface area contributed by atoms with Gasteiger partial charge in [0.15, 0.2) is 0 Å². The summed E-state index contributed by atoms with van der Waals surface area (Å²) in [6, 6.07) is 1.93. The quantitative estimate of drug-likeness (QED) is 0.294. The van der Waals surface area contributed by atoms with Gasteiger partial charge in [-0.25, -0.2) is 4.98 Å². The molecule has 4 nitrogen and oxygen atoms in total. The van der Waals surface area contributed by atoms with Crippen molar-refractivity contribution in [2.75, 3.05) is 17.8 Å². The summed E-state index contributed by atoms with van der Waals surface area (Å²) in [6.45, 7) is 4.13. The predicted molar refractivity (Wildman–Crippen MR) is 109 cm³/mol. The lowest BCUT2D eigenvalue weighted by Crippen LogP contribution is -2.23. The maximum Gasteiger partial charge on any atom is 0.291 e. The first-order chi connectivity index (χ1) is 12.0. The van der Waals surface area contributed by atoms with Gasteiger partial charge in [-0.2, -0.15) is 0 Å². The van der Waals surface area contributed by atoms with Crippen LogP contribution in [0.5, 0.6) is 0 Å². The number of Topliss-reactive ketones (excluding diaryl/α,β-unsaturated/α-hetero) is 1. The largest absolute Gasteiger partial charge is 0.316 e. The molecule has 1 aromatic heterocycles. The maximum atomic E-state index is 12.2. The topological polar surface area (TPSA) is 59.1 Å². The van der Waals surface area contributed by atoms with E-state index in [1.54, 1.807) is 11.8 Å². The van der Waals surface area contributed by atoms with Crippen LogP contribution in [0.25, 0.3) is 0 Å². The first kappa shape index (κ1) is 22.0. The van der Waals surface area contributed by atoms with Gasteiger partial charge in [0.2, 0.25) is 5.78 Å². The Balaban J connectivity index is 2.51. The van der Waals surface area contributed by atoms with E-state index < -0.39 is 5.91 Å². The number of nitrogens with zero attached hydrogens (tertiary/aromatic N) is 1. The smallest absolute Gasteiger partial charge is 0.291 e. The number of carbonyl (C=O) groups excluding carboxylic acids is 2. The number of ketones is 1. The van der Waals surface area contributed by atoms with Crippen molar-refractivity contribution in [3.8, 4) is 0 Å². The van der Waals surface area contributed by atoms with E-state index in [1.807, 2.05) is 25.5 Å². The summed E-state index contributed by atoms with van der Waals surface area (Å²) in [5.74, 6) is -0.865. The van der Waals surface area contributed by atoms with Crippen molar-refractivity contribution < 1.29 is 9.59 Å². The summed E-state index contributed by atoms with van der Waals surface area (Å²) in [5.41, 5.74) is 1.56. The molecule has 25 heavy (non-hydrogen) atoms. The molecule has 0 spiro atoms. The van der Waals surface area contributed by atoms with Crippen LogP contribution >= 0.6 is 23.5 Å². The number of nitrogens with one attached hydrogen (secondary N) is 1. The van der Waals surface area contributed by atoms with Gasteiger partial charge in [-0.3, -0.25) is 9.59 Å². The fourth-order valence-electron chi connectivity index (χ4n) is 2.58. The molecular formula is C19H30N2O2S2. The molecule has 6 heteroatoms. The minimum atomic E-state index is -0.526. The number of carbonyl (C=O) groups is 2. The first-order valence-corrected chi connectivity index (χ1v) is 11.4. The Morgan fingerprint density at radius 2 is 1.68 bits per heavy atom. The fourth-order valence-corrected chi connectivity index (χ4v) is 3.88. The Hall–Kier alpha value is -1.01. The van der Waals surface area contributed by atoms with Crippen LogP contribution in [0.4, 0.5) is 5.69 Å². The van der Waals surface area contributed by atoms with Gasteiger partial charge in [0.25, 0.3) is 5.91 Å². The molecule has 1 rings (SSSR count). The highest BCUT2D eigenvalue weighted by Crippen LogP contribution is 2.33. The number of hydrogen-bond donors (Lipinski definition) is 1. The van der Waals surface area contributed by atoms with Gasteiger partial charge < -0.3 is 5.32 Å². The van der Waals surface area contributed by atoms with E-state index in [4.69, 9.17) is 0 Å². The number of unbranched alkanes of at least 4 members (excludes halogenated alkanes) is 6. The zero-order valence-corrected chi connectivity index (χ0v) is 17.4. The van der Waals surface area contributed by atoms with E-state index in [9.17, 15) is 9.59 Å². The predicted octanol–water partition coefficient (Wildman–Crippen LogP) is 5.48. The van der Waals surface area contributed by atoms with Crippen LogP contribution in [0, 0.1) is 6.92 Å². The Kier molecular flexibility index (Phi) is 10.9. The van der Waals surface area contributed by atoms with Gasteiger partial charge in [-0.1, -0.05) is 45.4 Å². The molecule has 0 saturated carbocycles. The van der Waals surface area contributed by atoms with E-state index in [2.05, 4.69) is 17.2 Å². The van der Waals surface area contributed by atoms with E-state index in [1.165, 1.54) is 37.4 Å². The van der Waals surface area contributed by atoms with Crippen LogP contribution in [0.2, 0.25) is 0 Å². The van der Waals surface area contributed by atoms with Crippen LogP contribution in [0.15, 0.2) is 16.0 Å². The summed E-state index contributed by atoms with van der Waals surface area (Å²) < 4.78 is 0. The molecule has 0 unspecified atom stereocenters. The molecule has 0 atom stereocenters. The molecule has 0 aliphatic heterocycles. The number of thioether (sulfide) groups is 2. The van der Waals surface area contributed by atoms with Crippen LogP contribution in [-0.2, 0) is 9.59 Å². The van der Waals surface area contributed by atoms with Crippen molar-refractivity contribution in [1.82, 2.24) is 4.98 Å². The van der Waals surface area contributed by atoms with Crippen LogP contribution < -0.4 is 5.32 Å². The Labute approximate surface area is 160 Å². The highest BCUT2D eigenvalue weighted by atomic mass is 32.2. The van der Waals surface area contributed by atoms with Gasteiger partial charge in [0.1, 0.15) is 5.03 Å². The molecule has 0 aliphatic carbocycles. The molecule has 0 fully saturated rings. The van der Waals surface area contributed by atoms with E-state index in [-0.39, 0.29) is 5.78 Å². The zero-order chi connectivity index (χ0) is 18.7. The van der Waals surface area contributed by atoms with Crippen molar-refractivity contribution >= 4 is 40.9 Å². The number of rotatable bonds is 12. The molecular weight excluding hydrogens is 352 g/mol. The lowest BCUT2D eigenvalue weighted by atomic mass is 10.1. The monoisotopic (exact) mass is 382 g/mol. The van der Waals surface area contributed by atoms with Crippen LogP contribution in [0.3, 0.4) is 0 Å². The number of aromatic nitrogens is 1. The fraction of sp³-hybridized carbons (Fsp3) is 0.632. The van der Waals surface area contributed by atoms with Gasteiger partial charge >= 0.3 is 0 Å². The number of amides is 1. The molecule has 0 saturated heterocycles. The lowest BCUT2D eigenvalue weighted by Gasteiger charge is -2.13. The normalized spacial score (nSPS) is 10.7. The molecule has 0 radical (unpaired) electrons. The summed E-state index contributed by atoms with van der Waals surface area (Å²) >= 11 is 3.02. The van der Waals surface area contributed by atoms with Crippen molar-refractivity contribution in [3.05, 3.63) is 11.8 Å². The molecule has 1 N–H and O–H groups in total. The Morgan fingerprint density at radius 3 is 2.28 bits per heavy atom. The third-order valence-corrected chi connectivity index (χ3v) is 5.43. The van der Waals surface area contributed by atoms with Crippen molar-refractivity contribution in [2.45, 2.75) is 75.1 Å². The zero-order valence-electron chi connectivity index (χ0n) is 15.8. The van der Waals surface area contributed by atoms with Crippen molar-refractivity contribution in [1.29, 1.82) is 0 Å². The second-order valence-corrected chi connectivity index (χ2v) is 7.74. The molecule has 1 aromatic rings. The van der Waals surface area contributed by atoms with Gasteiger partial charge in [-0.15, -0.1) is 23.5 Å². The van der Waals surface area contributed by atoms with E-state index in [0.29, 0.717) is 12.1 Å². The Morgan fingerprint density at radius 1 is 1.04 bits per heavy atom. The molecule has 0 aliphatic rings. The number of hydrogen-bond acceptors (Lipinski definition) is 5. The highest BCUT2D eigenvalue weighted by molar-refractivity contribution is 7.99. The summed E-state index contributed by atoms with van der Waals surface area (Å²) in [5, 5.41) is 3.54. The van der Waals surface area contributed by atoms with E-state index in [0.717, 1.165) is 34.9 Å². The summed E-state index contributed by atoms with van der Waals surface area (Å²) in [7, 11) is 0. The van der Waals surface area contributed by atoms with Crippen LogP contribution in [0.1, 0.15) is 64.0 Å². The van der Waals surface area contributed by atoms with E-state index >= 15 is 0 Å². The SMILES string of the molecule is CCCCCCCCCC(=O)C(=O)Nc1c(SC)cc(C)nc1SC. The van der Waals surface area contributed by atoms with Crippen molar-refractivity contribution in [2.24, 2.45) is 0 Å². The first-order valence-electron chi connectivity index (χ1n) is 8.97. The third kappa shape index (κ3) is 7.82. The van der Waals surface area contributed by atoms with Gasteiger partial charge in [-0.05, 0) is 31.9 Å². The second kappa shape index (κ2) is 12.4. The summed E-state index contributed by atoms with van der Waals surface area (Å²) in [4.78, 5) is 29.7. The molecule has 1 heterocycles. The minimum absolute atomic E-state index is 0.322. The molecule has 1 amide bonds.